The molecule has 0 aromatic carbocycles. The van der Waals surface area contributed by atoms with Crippen molar-refractivity contribution in [3.63, 3.8) is 0 Å². The third-order valence-electron chi connectivity index (χ3n) is 2.72. The topological polar surface area (TPSA) is 37.8 Å². The molecule has 0 spiro atoms. The molecule has 2 aromatic rings. The Morgan fingerprint density at radius 2 is 2.05 bits per heavy atom. The number of aryl methyl sites for hydroxylation is 1. The average molecular weight is 295 g/mol. The largest absolute Gasteiger partial charge is 0.362 e. The van der Waals surface area contributed by atoms with Crippen LogP contribution in [0, 0.1) is 5.92 Å². The highest BCUT2D eigenvalue weighted by Crippen LogP contribution is 2.33. The molecule has 104 valence electrons. The molecule has 0 aliphatic rings. The zero-order valence-electron chi connectivity index (χ0n) is 12.0. The number of aromatic nitrogens is 2. The van der Waals surface area contributed by atoms with Crippen LogP contribution in [0.4, 0.5) is 5.13 Å². The van der Waals surface area contributed by atoms with Gasteiger partial charge in [0.25, 0.3) is 0 Å². The van der Waals surface area contributed by atoms with Gasteiger partial charge in [0.2, 0.25) is 0 Å². The molecule has 5 heteroatoms. The van der Waals surface area contributed by atoms with Gasteiger partial charge in [0.15, 0.2) is 5.13 Å². The Morgan fingerprint density at radius 1 is 1.26 bits per heavy atom. The fourth-order valence-electron chi connectivity index (χ4n) is 1.89. The number of anilines is 1. The van der Waals surface area contributed by atoms with Crippen LogP contribution in [0.15, 0.2) is 5.38 Å². The molecule has 0 atom stereocenters. The normalized spacial score (nSPS) is 11.2. The van der Waals surface area contributed by atoms with E-state index >= 15 is 0 Å². The zero-order valence-corrected chi connectivity index (χ0v) is 13.6. The Kier molecular flexibility index (Phi) is 4.93. The lowest BCUT2D eigenvalue weighted by atomic mass is 10.1. The van der Waals surface area contributed by atoms with Crippen LogP contribution in [0.5, 0.6) is 0 Å². The van der Waals surface area contributed by atoms with E-state index in [2.05, 4.69) is 43.4 Å². The number of hydrogen-bond donors (Lipinski definition) is 1. The lowest BCUT2D eigenvalue weighted by Gasteiger charge is -1.98. The van der Waals surface area contributed by atoms with Gasteiger partial charge in [0.1, 0.15) is 0 Å². The highest BCUT2D eigenvalue weighted by atomic mass is 32.1. The van der Waals surface area contributed by atoms with Gasteiger partial charge < -0.3 is 5.32 Å². The van der Waals surface area contributed by atoms with E-state index in [1.54, 1.807) is 22.7 Å². The molecule has 3 nitrogen and oxygen atoms in total. The molecule has 0 unspecified atom stereocenters. The number of nitrogens with zero attached hydrogens (tertiary/aromatic N) is 2. The highest BCUT2D eigenvalue weighted by Gasteiger charge is 2.15. The Balaban J connectivity index is 2.28. The van der Waals surface area contributed by atoms with E-state index < -0.39 is 0 Å². The fourth-order valence-corrected chi connectivity index (χ4v) is 4.06. The number of hydrogen-bond acceptors (Lipinski definition) is 5. The first-order valence-electron chi connectivity index (χ1n) is 6.82. The van der Waals surface area contributed by atoms with Crippen molar-refractivity contribution in [2.24, 2.45) is 5.92 Å². The van der Waals surface area contributed by atoms with Gasteiger partial charge in [-0.3, -0.25) is 0 Å². The van der Waals surface area contributed by atoms with E-state index in [0.29, 0.717) is 5.92 Å². The lowest BCUT2D eigenvalue weighted by Crippen LogP contribution is -1.95. The van der Waals surface area contributed by atoms with E-state index in [1.165, 1.54) is 15.6 Å². The summed E-state index contributed by atoms with van der Waals surface area (Å²) in [5, 5.41) is 7.63. The van der Waals surface area contributed by atoms with Crippen LogP contribution in [-0.2, 0) is 12.8 Å². The first kappa shape index (κ1) is 14.5. The molecule has 0 bridgehead atoms. The van der Waals surface area contributed by atoms with Crippen LogP contribution >= 0.6 is 22.7 Å². The molecule has 0 radical (unpaired) electrons. The molecular weight excluding hydrogens is 274 g/mol. The summed E-state index contributed by atoms with van der Waals surface area (Å²) in [5.74, 6) is 0.649. The first-order chi connectivity index (χ1) is 9.13. The Labute approximate surface area is 123 Å². The second-order valence-corrected chi connectivity index (χ2v) is 6.84. The standard InChI is InChI=1S/C14H21N3S2/c1-5-10-13(19-12(16-10)7-9(3)4)11-8-18-14(17-11)15-6-2/h8-9H,5-7H2,1-4H3,(H,15,17). The molecular formula is C14H21N3S2. The SMILES string of the molecule is CCNc1nc(-c2sc(CC(C)C)nc2CC)cs1. The molecule has 0 amide bonds. The van der Waals surface area contributed by atoms with E-state index in [0.717, 1.165) is 30.2 Å². The van der Waals surface area contributed by atoms with Gasteiger partial charge in [-0.25, -0.2) is 9.97 Å². The predicted molar refractivity (Wildman–Crippen MR) is 85.3 cm³/mol. The van der Waals surface area contributed by atoms with Gasteiger partial charge in [0, 0.05) is 18.3 Å². The smallest absolute Gasteiger partial charge is 0.183 e. The van der Waals surface area contributed by atoms with Gasteiger partial charge in [-0.2, -0.15) is 0 Å². The summed E-state index contributed by atoms with van der Waals surface area (Å²) >= 11 is 3.47. The van der Waals surface area contributed by atoms with Gasteiger partial charge in [-0.15, -0.1) is 22.7 Å². The fraction of sp³-hybridized carbons (Fsp3) is 0.571. The molecule has 2 aromatic heterocycles. The monoisotopic (exact) mass is 295 g/mol. The van der Waals surface area contributed by atoms with Crippen molar-refractivity contribution >= 4 is 27.8 Å². The van der Waals surface area contributed by atoms with Crippen molar-refractivity contribution < 1.29 is 0 Å². The minimum atomic E-state index is 0.649. The molecule has 2 heterocycles. The van der Waals surface area contributed by atoms with Crippen LogP contribution in [0.3, 0.4) is 0 Å². The predicted octanol–water partition coefficient (Wildman–Crippen LogP) is 4.46. The molecule has 0 aliphatic carbocycles. The van der Waals surface area contributed by atoms with Crippen LogP contribution in [0.1, 0.15) is 38.4 Å². The summed E-state index contributed by atoms with van der Waals surface area (Å²) in [6, 6.07) is 0. The maximum atomic E-state index is 4.76. The first-order valence-corrected chi connectivity index (χ1v) is 8.52. The van der Waals surface area contributed by atoms with Crippen LogP contribution in [-0.4, -0.2) is 16.5 Å². The van der Waals surface area contributed by atoms with E-state index in [1.807, 2.05) is 0 Å². The molecule has 1 N–H and O–H groups in total. The number of nitrogens with one attached hydrogen (secondary N) is 1. The third kappa shape index (κ3) is 3.54. The Morgan fingerprint density at radius 3 is 2.68 bits per heavy atom. The summed E-state index contributed by atoms with van der Waals surface area (Å²) in [4.78, 5) is 10.7. The van der Waals surface area contributed by atoms with Crippen molar-refractivity contribution in [1.82, 2.24) is 9.97 Å². The van der Waals surface area contributed by atoms with E-state index in [9.17, 15) is 0 Å². The minimum Gasteiger partial charge on any atom is -0.362 e. The summed E-state index contributed by atoms with van der Waals surface area (Å²) in [7, 11) is 0. The summed E-state index contributed by atoms with van der Waals surface area (Å²) in [5.41, 5.74) is 2.26. The Bertz CT molecular complexity index is 529. The summed E-state index contributed by atoms with van der Waals surface area (Å²) < 4.78 is 0. The van der Waals surface area contributed by atoms with E-state index in [-0.39, 0.29) is 0 Å². The lowest BCUT2D eigenvalue weighted by molar-refractivity contribution is 0.643. The second-order valence-electron chi connectivity index (χ2n) is 4.90. The van der Waals surface area contributed by atoms with Crippen molar-refractivity contribution in [3.8, 4) is 10.6 Å². The average Bonchev–Trinajstić information content (AvgIpc) is 2.95. The minimum absolute atomic E-state index is 0.649. The third-order valence-corrected chi connectivity index (χ3v) is 4.67. The van der Waals surface area contributed by atoms with Gasteiger partial charge in [0.05, 0.1) is 21.3 Å². The Hall–Kier alpha value is -0.940. The summed E-state index contributed by atoms with van der Waals surface area (Å²) in [6.07, 6.45) is 2.03. The highest BCUT2D eigenvalue weighted by molar-refractivity contribution is 7.16. The van der Waals surface area contributed by atoms with Crippen molar-refractivity contribution in [2.45, 2.75) is 40.5 Å². The van der Waals surface area contributed by atoms with E-state index in [4.69, 9.17) is 4.98 Å². The van der Waals surface area contributed by atoms with Gasteiger partial charge >= 0.3 is 0 Å². The molecule has 0 saturated carbocycles. The molecule has 19 heavy (non-hydrogen) atoms. The number of rotatable bonds is 6. The number of thiazole rings is 2. The molecule has 2 rings (SSSR count). The quantitative estimate of drug-likeness (QED) is 0.855. The van der Waals surface area contributed by atoms with Gasteiger partial charge in [-0.1, -0.05) is 20.8 Å². The second kappa shape index (κ2) is 6.48. The molecule has 0 saturated heterocycles. The van der Waals surface area contributed by atoms with Crippen molar-refractivity contribution in [3.05, 3.63) is 16.1 Å². The molecule has 0 fully saturated rings. The maximum absolute atomic E-state index is 4.76. The zero-order chi connectivity index (χ0) is 13.8. The van der Waals surface area contributed by atoms with Crippen molar-refractivity contribution in [1.29, 1.82) is 0 Å². The van der Waals surface area contributed by atoms with Gasteiger partial charge in [-0.05, 0) is 19.3 Å². The van der Waals surface area contributed by atoms with Crippen molar-refractivity contribution in [2.75, 3.05) is 11.9 Å². The summed E-state index contributed by atoms with van der Waals surface area (Å²) in [6.45, 7) is 9.63. The van der Waals surface area contributed by atoms with Crippen LogP contribution in [0.2, 0.25) is 0 Å². The van der Waals surface area contributed by atoms with Crippen LogP contribution in [0.25, 0.3) is 10.6 Å². The maximum Gasteiger partial charge on any atom is 0.183 e. The van der Waals surface area contributed by atoms with Crippen LogP contribution < -0.4 is 5.32 Å². The molecule has 0 aliphatic heterocycles.